The number of carbonyl (C=O) groups is 1. The van der Waals surface area contributed by atoms with E-state index in [-0.39, 0.29) is 18.1 Å². The average molecular weight is 436 g/mol. The van der Waals surface area contributed by atoms with Crippen molar-refractivity contribution in [2.24, 2.45) is 0 Å². The van der Waals surface area contributed by atoms with Gasteiger partial charge < -0.3 is 15.4 Å². The Morgan fingerprint density at radius 1 is 1.06 bits per heavy atom. The lowest BCUT2D eigenvalue weighted by Gasteiger charge is -2.11. The maximum Gasteiger partial charge on any atom is 0.307 e. The Morgan fingerprint density at radius 3 is 2.53 bits per heavy atom. The number of non-ortho nitro benzene ring substituents is 1. The number of nitro groups is 1. The predicted molar refractivity (Wildman–Crippen MR) is 120 cm³/mol. The summed E-state index contributed by atoms with van der Waals surface area (Å²) in [6, 6.07) is 13.7. The summed E-state index contributed by atoms with van der Waals surface area (Å²) >= 11 is 0. The van der Waals surface area contributed by atoms with Crippen LogP contribution in [0, 0.1) is 10.1 Å². The Balaban J connectivity index is 1.70. The van der Waals surface area contributed by atoms with Gasteiger partial charge in [-0.2, -0.15) is 0 Å². The zero-order chi connectivity index (χ0) is 22.8. The van der Waals surface area contributed by atoms with Crippen molar-refractivity contribution in [2.75, 3.05) is 30.3 Å². The third-order valence-corrected chi connectivity index (χ3v) is 4.40. The number of nitrogens with one attached hydrogen (secondary N) is 2. The van der Waals surface area contributed by atoms with Gasteiger partial charge in [0.25, 0.3) is 5.69 Å². The van der Waals surface area contributed by atoms with E-state index in [1.807, 2.05) is 24.3 Å². The van der Waals surface area contributed by atoms with Crippen molar-refractivity contribution in [3.05, 3.63) is 70.4 Å². The first-order chi connectivity index (χ1) is 15.5. The number of hydrogen-bond donors (Lipinski definition) is 2. The lowest BCUT2D eigenvalue weighted by Crippen LogP contribution is -2.13. The van der Waals surface area contributed by atoms with E-state index in [1.165, 1.54) is 6.07 Å². The topological polar surface area (TPSA) is 132 Å². The van der Waals surface area contributed by atoms with Gasteiger partial charge in [-0.1, -0.05) is 18.2 Å². The Morgan fingerprint density at radius 2 is 1.84 bits per heavy atom. The molecular formula is C22H24N6O4. The normalized spacial score (nSPS) is 10.4. The molecule has 0 bridgehead atoms. The smallest absolute Gasteiger partial charge is 0.307 e. The summed E-state index contributed by atoms with van der Waals surface area (Å²) in [5.74, 6) is 1.27. The molecule has 3 aromatic rings. The van der Waals surface area contributed by atoms with Crippen molar-refractivity contribution in [2.45, 2.75) is 19.8 Å². The van der Waals surface area contributed by atoms with Gasteiger partial charge in [-0.3, -0.25) is 19.9 Å². The van der Waals surface area contributed by atoms with E-state index < -0.39 is 4.92 Å². The van der Waals surface area contributed by atoms with E-state index >= 15 is 0 Å². The van der Waals surface area contributed by atoms with Gasteiger partial charge >= 0.3 is 5.97 Å². The second kappa shape index (κ2) is 11.3. The van der Waals surface area contributed by atoms with E-state index in [0.29, 0.717) is 49.3 Å². The van der Waals surface area contributed by atoms with Crippen LogP contribution in [0.3, 0.4) is 0 Å². The number of esters is 1. The highest BCUT2D eigenvalue weighted by atomic mass is 16.6. The monoisotopic (exact) mass is 436 g/mol. The maximum absolute atomic E-state index is 11.6. The van der Waals surface area contributed by atoms with Gasteiger partial charge in [0, 0.05) is 37.5 Å². The second-order valence-corrected chi connectivity index (χ2v) is 6.76. The van der Waals surface area contributed by atoms with Crippen LogP contribution >= 0.6 is 0 Å². The number of nitro benzene ring substituents is 1. The van der Waals surface area contributed by atoms with Gasteiger partial charge in [0.2, 0.25) is 0 Å². The average Bonchev–Trinajstić information content (AvgIpc) is 2.80. The molecule has 0 amide bonds. The van der Waals surface area contributed by atoms with E-state index in [9.17, 15) is 14.9 Å². The van der Waals surface area contributed by atoms with Crippen LogP contribution in [-0.4, -0.2) is 45.5 Å². The summed E-state index contributed by atoms with van der Waals surface area (Å²) in [7, 11) is 0. The number of aromatic nitrogens is 3. The summed E-state index contributed by atoms with van der Waals surface area (Å²) in [4.78, 5) is 35.4. The molecule has 0 aliphatic rings. The van der Waals surface area contributed by atoms with Gasteiger partial charge in [0.05, 0.1) is 18.0 Å². The standard InChI is InChI=1S/C22H24N6O4/c1-2-32-21(29)10-13-25-20-15-19(26-22(27-20)18-8-3-4-11-23-18)24-12-9-16-6-5-7-17(14-16)28(30)31/h3-8,11,14-15H,2,9-10,12-13H2,1H3,(H2,24,25,26,27). The molecule has 0 saturated heterocycles. The molecule has 10 heteroatoms. The minimum absolute atomic E-state index is 0.0649. The van der Waals surface area contributed by atoms with Gasteiger partial charge in [-0.05, 0) is 31.0 Å². The predicted octanol–water partition coefficient (Wildman–Crippen LogP) is 3.47. The maximum atomic E-state index is 11.6. The van der Waals surface area contributed by atoms with Crippen LogP contribution in [0.25, 0.3) is 11.5 Å². The Hall–Kier alpha value is -4.08. The lowest BCUT2D eigenvalue weighted by molar-refractivity contribution is -0.384. The Bertz CT molecular complexity index is 1060. The summed E-state index contributed by atoms with van der Waals surface area (Å²) in [5, 5.41) is 17.3. The van der Waals surface area contributed by atoms with Crippen molar-refractivity contribution in [3.63, 3.8) is 0 Å². The number of pyridine rings is 1. The van der Waals surface area contributed by atoms with Gasteiger partial charge in [-0.15, -0.1) is 0 Å². The first-order valence-corrected chi connectivity index (χ1v) is 10.2. The molecule has 32 heavy (non-hydrogen) atoms. The fourth-order valence-corrected chi connectivity index (χ4v) is 2.92. The minimum atomic E-state index is -0.408. The highest BCUT2D eigenvalue weighted by molar-refractivity contribution is 5.70. The first kappa shape index (κ1) is 22.6. The van der Waals surface area contributed by atoms with Crippen LogP contribution in [0.15, 0.2) is 54.7 Å². The zero-order valence-electron chi connectivity index (χ0n) is 17.7. The molecule has 0 spiro atoms. The number of carbonyl (C=O) groups excluding carboxylic acids is 1. The lowest BCUT2D eigenvalue weighted by atomic mass is 10.1. The number of rotatable bonds is 11. The summed E-state index contributed by atoms with van der Waals surface area (Å²) < 4.78 is 4.94. The number of ether oxygens (including phenoxy) is 1. The molecule has 166 valence electrons. The molecule has 0 saturated carbocycles. The molecule has 0 aliphatic carbocycles. The van der Waals surface area contributed by atoms with Crippen molar-refractivity contribution < 1.29 is 14.5 Å². The van der Waals surface area contributed by atoms with Gasteiger partial charge in [0.15, 0.2) is 5.82 Å². The molecule has 2 heterocycles. The first-order valence-electron chi connectivity index (χ1n) is 10.2. The van der Waals surface area contributed by atoms with Gasteiger partial charge in [0.1, 0.15) is 17.3 Å². The molecule has 3 rings (SSSR count). The van der Waals surface area contributed by atoms with Crippen molar-refractivity contribution in [1.82, 2.24) is 15.0 Å². The molecular weight excluding hydrogens is 412 g/mol. The minimum Gasteiger partial charge on any atom is -0.466 e. The highest BCUT2D eigenvalue weighted by Gasteiger charge is 2.10. The van der Waals surface area contributed by atoms with E-state index in [4.69, 9.17) is 4.74 Å². The van der Waals surface area contributed by atoms with Crippen LogP contribution < -0.4 is 10.6 Å². The quantitative estimate of drug-likeness (QED) is 0.263. The third kappa shape index (κ3) is 6.73. The van der Waals surface area contributed by atoms with E-state index in [2.05, 4.69) is 25.6 Å². The van der Waals surface area contributed by atoms with E-state index in [1.54, 1.807) is 31.3 Å². The fraction of sp³-hybridized carbons (Fsp3) is 0.273. The van der Waals surface area contributed by atoms with Crippen LogP contribution in [0.4, 0.5) is 17.3 Å². The van der Waals surface area contributed by atoms with Crippen molar-refractivity contribution in [3.8, 4) is 11.5 Å². The molecule has 2 aromatic heterocycles. The fourth-order valence-electron chi connectivity index (χ4n) is 2.92. The summed E-state index contributed by atoms with van der Waals surface area (Å²) in [5.41, 5.74) is 1.52. The number of nitrogens with zero attached hydrogens (tertiary/aromatic N) is 4. The largest absolute Gasteiger partial charge is 0.466 e. The number of benzene rings is 1. The van der Waals surface area contributed by atoms with Crippen molar-refractivity contribution >= 4 is 23.3 Å². The summed E-state index contributed by atoms with van der Waals surface area (Å²) in [6.45, 7) is 2.99. The third-order valence-electron chi connectivity index (χ3n) is 4.40. The number of hydrogen-bond acceptors (Lipinski definition) is 9. The highest BCUT2D eigenvalue weighted by Crippen LogP contribution is 2.19. The molecule has 0 atom stereocenters. The van der Waals surface area contributed by atoms with Crippen LogP contribution in [0.1, 0.15) is 18.9 Å². The molecule has 0 radical (unpaired) electrons. The second-order valence-electron chi connectivity index (χ2n) is 6.76. The Labute approximate surface area is 185 Å². The SMILES string of the molecule is CCOC(=O)CCNc1cc(NCCc2cccc([N+](=O)[O-])c2)nc(-c2ccccn2)n1. The van der Waals surface area contributed by atoms with Crippen LogP contribution in [0.2, 0.25) is 0 Å². The molecule has 1 aromatic carbocycles. The van der Waals surface area contributed by atoms with Gasteiger partial charge in [-0.25, -0.2) is 9.97 Å². The Kier molecular flexibility index (Phi) is 8.02. The molecule has 0 aliphatic heterocycles. The van der Waals surface area contributed by atoms with E-state index in [0.717, 1.165) is 5.56 Å². The molecule has 10 nitrogen and oxygen atoms in total. The zero-order valence-corrected chi connectivity index (χ0v) is 17.7. The number of anilines is 2. The molecule has 0 unspecified atom stereocenters. The van der Waals surface area contributed by atoms with Crippen molar-refractivity contribution in [1.29, 1.82) is 0 Å². The van der Waals surface area contributed by atoms with Crippen LogP contribution in [0.5, 0.6) is 0 Å². The molecule has 2 N–H and O–H groups in total. The van der Waals surface area contributed by atoms with Crippen LogP contribution in [-0.2, 0) is 16.0 Å². The summed E-state index contributed by atoms with van der Waals surface area (Å²) in [6.07, 6.45) is 2.46. The molecule has 0 fully saturated rings.